The minimum Gasteiger partial charge on any atom is -0.497 e. The Kier molecular flexibility index (Phi) is 5.66. The van der Waals surface area contributed by atoms with Crippen molar-refractivity contribution in [1.82, 2.24) is 9.80 Å². The van der Waals surface area contributed by atoms with E-state index in [2.05, 4.69) is 18.7 Å². The van der Waals surface area contributed by atoms with Gasteiger partial charge in [0.05, 0.1) is 12.7 Å². The first kappa shape index (κ1) is 20.3. The summed E-state index contributed by atoms with van der Waals surface area (Å²) in [6, 6.07) is 11.9. The van der Waals surface area contributed by atoms with Gasteiger partial charge < -0.3 is 19.3 Å². The molecule has 2 aromatic rings. The molecular formula is C24H29N3O3. The largest absolute Gasteiger partial charge is 0.497 e. The quantitative estimate of drug-likeness (QED) is 0.758. The lowest BCUT2D eigenvalue weighted by molar-refractivity contribution is -0.133. The maximum absolute atomic E-state index is 12.5. The summed E-state index contributed by atoms with van der Waals surface area (Å²) in [4.78, 5) is 21.7. The average molecular weight is 408 g/mol. The van der Waals surface area contributed by atoms with E-state index in [1.807, 2.05) is 48.2 Å². The van der Waals surface area contributed by atoms with E-state index in [0.717, 1.165) is 53.0 Å². The van der Waals surface area contributed by atoms with Crippen molar-refractivity contribution in [2.45, 2.75) is 27.2 Å². The topological polar surface area (TPSA) is 54.4 Å². The Labute approximate surface area is 178 Å². The van der Waals surface area contributed by atoms with Gasteiger partial charge in [0.15, 0.2) is 5.75 Å². The third-order valence-electron chi connectivity index (χ3n) is 5.51. The highest BCUT2D eigenvalue weighted by molar-refractivity contribution is 6.04. The Morgan fingerprint density at radius 2 is 1.87 bits per heavy atom. The number of rotatable bonds is 3. The molecule has 0 aliphatic carbocycles. The summed E-state index contributed by atoms with van der Waals surface area (Å²) in [7, 11) is 1.65. The molecule has 0 spiro atoms. The van der Waals surface area contributed by atoms with E-state index in [1.54, 1.807) is 7.11 Å². The van der Waals surface area contributed by atoms with Crippen LogP contribution in [0.1, 0.15) is 31.4 Å². The molecule has 4 rings (SSSR count). The maximum Gasteiger partial charge on any atom is 0.222 e. The number of carbonyl (C=O) groups is 1. The number of ether oxygens (including phenoxy) is 2. The number of aryl methyl sites for hydroxylation is 1. The smallest absolute Gasteiger partial charge is 0.222 e. The molecule has 0 aromatic heterocycles. The molecule has 0 N–H and O–H groups in total. The van der Waals surface area contributed by atoms with Crippen molar-refractivity contribution >= 4 is 17.4 Å². The summed E-state index contributed by atoms with van der Waals surface area (Å²) in [5.41, 5.74) is 2.87. The fraction of sp³-hybridized carbons (Fsp3) is 0.417. The Hall–Kier alpha value is -3.02. The minimum atomic E-state index is 0.238. The van der Waals surface area contributed by atoms with Crippen molar-refractivity contribution in [2.75, 3.05) is 33.3 Å². The van der Waals surface area contributed by atoms with E-state index in [4.69, 9.17) is 14.5 Å². The molecule has 0 bridgehead atoms. The summed E-state index contributed by atoms with van der Waals surface area (Å²) >= 11 is 0. The van der Waals surface area contributed by atoms with Crippen molar-refractivity contribution in [3.05, 3.63) is 47.5 Å². The number of amides is 1. The first-order chi connectivity index (χ1) is 14.4. The average Bonchev–Trinajstić information content (AvgIpc) is 2.89. The van der Waals surface area contributed by atoms with Crippen LogP contribution in [0, 0.1) is 12.8 Å². The zero-order chi connectivity index (χ0) is 21.3. The molecule has 0 saturated carbocycles. The molecule has 2 aliphatic heterocycles. The van der Waals surface area contributed by atoms with Gasteiger partial charge in [-0.3, -0.25) is 4.79 Å². The lowest BCUT2D eigenvalue weighted by Crippen LogP contribution is -2.51. The van der Waals surface area contributed by atoms with Crippen LogP contribution >= 0.6 is 0 Å². The molecule has 0 radical (unpaired) electrons. The molecule has 2 aromatic carbocycles. The number of nitrogens with zero attached hydrogens (tertiary/aromatic N) is 3. The first-order valence-corrected chi connectivity index (χ1v) is 10.5. The Morgan fingerprint density at radius 3 is 2.57 bits per heavy atom. The molecule has 30 heavy (non-hydrogen) atoms. The van der Waals surface area contributed by atoms with Gasteiger partial charge in [-0.25, -0.2) is 4.99 Å². The first-order valence-electron chi connectivity index (χ1n) is 10.5. The second-order valence-corrected chi connectivity index (χ2v) is 8.34. The zero-order valence-corrected chi connectivity index (χ0v) is 18.1. The van der Waals surface area contributed by atoms with Crippen molar-refractivity contribution in [3.63, 3.8) is 0 Å². The number of benzene rings is 2. The van der Waals surface area contributed by atoms with Crippen LogP contribution in [0.2, 0.25) is 0 Å². The van der Waals surface area contributed by atoms with Crippen LogP contribution in [-0.4, -0.2) is 54.8 Å². The minimum absolute atomic E-state index is 0.238. The normalized spacial score (nSPS) is 15.7. The molecule has 2 aliphatic rings. The lowest BCUT2D eigenvalue weighted by Gasteiger charge is -2.37. The number of methoxy groups -OCH3 is 1. The van der Waals surface area contributed by atoms with Gasteiger partial charge in [-0.05, 0) is 42.7 Å². The van der Waals surface area contributed by atoms with E-state index in [0.29, 0.717) is 25.4 Å². The van der Waals surface area contributed by atoms with Crippen LogP contribution in [0.3, 0.4) is 0 Å². The number of piperazine rings is 1. The number of hydrogen-bond donors (Lipinski definition) is 0. The molecule has 1 saturated heterocycles. The van der Waals surface area contributed by atoms with Crippen molar-refractivity contribution in [1.29, 1.82) is 0 Å². The zero-order valence-electron chi connectivity index (χ0n) is 18.1. The fourth-order valence-corrected chi connectivity index (χ4v) is 3.87. The third kappa shape index (κ3) is 4.13. The van der Waals surface area contributed by atoms with Crippen molar-refractivity contribution in [3.8, 4) is 17.2 Å². The van der Waals surface area contributed by atoms with Gasteiger partial charge >= 0.3 is 0 Å². The molecule has 1 fully saturated rings. The highest BCUT2D eigenvalue weighted by Crippen LogP contribution is 2.40. The highest BCUT2D eigenvalue weighted by atomic mass is 16.5. The van der Waals surface area contributed by atoms with Crippen LogP contribution in [0.15, 0.2) is 41.4 Å². The van der Waals surface area contributed by atoms with Crippen molar-refractivity contribution < 1.29 is 14.3 Å². The molecule has 1 amide bonds. The van der Waals surface area contributed by atoms with Gasteiger partial charge in [0, 0.05) is 38.7 Å². The van der Waals surface area contributed by atoms with E-state index in [9.17, 15) is 4.79 Å². The van der Waals surface area contributed by atoms with Gasteiger partial charge in [-0.2, -0.15) is 0 Å². The molecule has 0 atom stereocenters. The van der Waals surface area contributed by atoms with Crippen LogP contribution < -0.4 is 9.47 Å². The Bertz CT molecular complexity index is 976. The summed E-state index contributed by atoms with van der Waals surface area (Å²) < 4.78 is 11.7. The molecule has 158 valence electrons. The molecule has 6 heteroatoms. The molecule has 2 heterocycles. The number of carbonyl (C=O) groups excluding carboxylic acids is 1. The van der Waals surface area contributed by atoms with Crippen LogP contribution in [0.4, 0.5) is 5.69 Å². The van der Waals surface area contributed by atoms with Gasteiger partial charge in [-0.1, -0.05) is 19.9 Å². The monoisotopic (exact) mass is 407 g/mol. The lowest BCUT2D eigenvalue weighted by atomic mass is 10.1. The van der Waals surface area contributed by atoms with Crippen LogP contribution in [0.25, 0.3) is 0 Å². The van der Waals surface area contributed by atoms with E-state index in [1.165, 1.54) is 0 Å². The second kappa shape index (κ2) is 8.38. The van der Waals surface area contributed by atoms with Gasteiger partial charge in [0.25, 0.3) is 0 Å². The maximum atomic E-state index is 12.5. The summed E-state index contributed by atoms with van der Waals surface area (Å²) in [6.45, 7) is 9.11. The molecule has 0 unspecified atom stereocenters. The van der Waals surface area contributed by atoms with Crippen LogP contribution in [0.5, 0.6) is 17.2 Å². The summed E-state index contributed by atoms with van der Waals surface area (Å²) in [5.74, 6) is 3.71. The van der Waals surface area contributed by atoms with E-state index < -0.39 is 0 Å². The molecule has 6 nitrogen and oxygen atoms in total. The van der Waals surface area contributed by atoms with Gasteiger partial charge in [0.1, 0.15) is 23.0 Å². The second-order valence-electron chi connectivity index (χ2n) is 8.34. The third-order valence-corrected chi connectivity index (χ3v) is 5.51. The molecular weight excluding hydrogens is 378 g/mol. The fourth-order valence-electron chi connectivity index (χ4n) is 3.87. The Balaban J connectivity index is 1.65. The number of fused-ring (bicyclic) bond motifs is 2. The standard InChI is InChI=1S/C24H29N3O3/c1-16(2)13-23(28)26-9-11-27(12-10-26)24-19-7-6-18(29-4)15-21(19)30-22-14-17(3)5-8-20(22)25-24/h5-8,14-16H,9-13H2,1-4H3. The number of hydrogen-bond acceptors (Lipinski definition) is 5. The van der Waals surface area contributed by atoms with Gasteiger partial charge in [-0.15, -0.1) is 0 Å². The Morgan fingerprint density at radius 1 is 1.10 bits per heavy atom. The SMILES string of the molecule is COc1ccc2c(c1)Oc1cc(C)ccc1N=C2N1CCN(C(=O)CC(C)C)CC1. The summed E-state index contributed by atoms with van der Waals surface area (Å²) in [6.07, 6.45) is 0.601. The highest BCUT2D eigenvalue weighted by Gasteiger charge is 2.28. The van der Waals surface area contributed by atoms with E-state index in [-0.39, 0.29) is 5.91 Å². The van der Waals surface area contributed by atoms with E-state index >= 15 is 0 Å². The van der Waals surface area contributed by atoms with Gasteiger partial charge in [0.2, 0.25) is 5.91 Å². The predicted molar refractivity (Wildman–Crippen MR) is 118 cm³/mol. The predicted octanol–water partition coefficient (Wildman–Crippen LogP) is 4.38. The number of aliphatic imine (C=N–C) groups is 1. The van der Waals surface area contributed by atoms with Crippen molar-refractivity contribution in [2.24, 2.45) is 10.9 Å². The van der Waals surface area contributed by atoms with Crippen LogP contribution in [-0.2, 0) is 4.79 Å². The summed E-state index contributed by atoms with van der Waals surface area (Å²) in [5, 5.41) is 0. The number of amidine groups is 1.